The van der Waals surface area contributed by atoms with E-state index in [0.29, 0.717) is 0 Å². The molecule has 0 aliphatic carbocycles. The standard InChI is InChI=1S/C12H8N2O3/c15-12(11-6-1-2-7-13-11)9-4-3-5-10(8-9)14(16)17/h1-8H. The van der Waals surface area contributed by atoms with Gasteiger partial charge in [-0.1, -0.05) is 18.2 Å². The molecule has 17 heavy (non-hydrogen) atoms. The van der Waals surface area contributed by atoms with Gasteiger partial charge in [-0.15, -0.1) is 0 Å². The summed E-state index contributed by atoms with van der Waals surface area (Å²) in [6, 6.07) is 10.6. The van der Waals surface area contributed by atoms with Gasteiger partial charge in [-0.05, 0) is 12.1 Å². The first kappa shape index (κ1) is 10.9. The van der Waals surface area contributed by atoms with Crippen molar-refractivity contribution in [1.29, 1.82) is 0 Å². The van der Waals surface area contributed by atoms with Crippen LogP contribution in [0.4, 0.5) is 5.69 Å². The van der Waals surface area contributed by atoms with Crippen LogP contribution in [0.15, 0.2) is 48.7 Å². The first-order chi connectivity index (χ1) is 8.18. The quantitative estimate of drug-likeness (QED) is 0.458. The number of nitro groups is 1. The first-order valence-corrected chi connectivity index (χ1v) is 4.88. The average Bonchev–Trinajstić information content (AvgIpc) is 2.39. The number of pyridine rings is 1. The lowest BCUT2D eigenvalue weighted by molar-refractivity contribution is -0.384. The minimum atomic E-state index is -0.533. The third-order valence-electron chi connectivity index (χ3n) is 2.22. The molecule has 0 spiro atoms. The fraction of sp³-hybridized carbons (Fsp3) is 0. The number of rotatable bonds is 3. The highest BCUT2D eigenvalue weighted by atomic mass is 16.6. The molecule has 2 aromatic rings. The summed E-state index contributed by atoms with van der Waals surface area (Å²) in [5.74, 6) is -0.325. The Morgan fingerprint density at radius 1 is 1.18 bits per heavy atom. The van der Waals surface area contributed by atoms with Crippen LogP contribution in [0.1, 0.15) is 16.1 Å². The number of hydrogen-bond donors (Lipinski definition) is 0. The Labute approximate surface area is 96.9 Å². The fourth-order valence-electron chi connectivity index (χ4n) is 1.41. The predicted molar refractivity (Wildman–Crippen MR) is 60.8 cm³/mol. The zero-order valence-corrected chi connectivity index (χ0v) is 8.74. The zero-order chi connectivity index (χ0) is 12.3. The van der Waals surface area contributed by atoms with Gasteiger partial charge < -0.3 is 0 Å². The van der Waals surface area contributed by atoms with Crippen molar-refractivity contribution < 1.29 is 9.72 Å². The van der Waals surface area contributed by atoms with Crippen LogP contribution < -0.4 is 0 Å². The molecule has 0 fully saturated rings. The van der Waals surface area contributed by atoms with Crippen LogP contribution in [0.2, 0.25) is 0 Å². The molecular formula is C12H8N2O3. The summed E-state index contributed by atoms with van der Waals surface area (Å²) in [6.45, 7) is 0. The van der Waals surface area contributed by atoms with E-state index in [4.69, 9.17) is 0 Å². The molecule has 0 radical (unpaired) electrons. The van der Waals surface area contributed by atoms with Crippen molar-refractivity contribution in [2.45, 2.75) is 0 Å². The Morgan fingerprint density at radius 3 is 2.65 bits per heavy atom. The Morgan fingerprint density at radius 2 is 2.00 bits per heavy atom. The van der Waals surface area contributed by atoms with Gasteiger partial charge in [0, 0.05) is 23.9 Å². The monoisotopic (exact) mass is 228 g/mol. The molecule has 0 bridgehead atoms. The predicted octanol–water partition coefficient (Wildman–Crippen LogP) is 2.22. The van der Waals surface area contributed by atoms with Gasteiger partial charge in [0.1, 0.15) is 5.69 Å². The van der Waals surface area contributed by atoms with E-state index in [1.54, 1.807) is 18.2 Å². The van der Waals surface area contributed by atoms with Gasteiger partial charge in [0.2, 0.25) is 5.78 Å². The van der Waals surface area contributed by atoms with E-state index in [1.165, 1.54) is 30.5 Å². The number of nitro benzene ring substituents is 1. The number of nitrogens with zero attached hydrogens (tertiary/aromatic N) is 2. The molecule has 0 saturated carbocycles. The Bertz CT molecular complexity index is 567. The molecule has 84 valence electrons. The Balaban J connectivity index is 2.38. The first-order valence-electron chi connectivity index (χ1n) is 4.88. The van der Waals surface area contributed by atoms with Gasteiger partial charge in [0.25, 0.3) is 5.69 Å². The average molecular weight is 228 g/mol. The van der Waals surface area contributed by atoms with Crippen LogP contribution in [0.25, 0.3) is 0 Å². The van der Waals surface area contributed by atoms with Crippen molar-refractivity contribution in [3.8, 4) is 0 Å². The van der Waals surface area contributed by atoms with Crippen LogP contribution in [0, 0.1) is 10.1 Å². The second-order valence-corrected chi connectivity index (χ2v) is 3.35. The molecule has 0 unspecified atom stereocenters. The Hall–Kier alpha value is -2.56. The van der Waals surface area contributed by atoms with Gasteiger partial charge in [-0.25, -0.2) is 0 Å². The van der Waals surface area contributed by atoms with Crippen molar-refractivity contribution >= 4 is 11.5 Å². The zero-order valence-electron chi connectivity index (χ0n) is 8.74. The number of carbonyl (C=O) groups excluding carboxylic acids is 1. The number of hydrogen-bond acceptors (Lipinski definition) is 4. The molecule has 0 N–H and O–H groups in total. The van der Waals surface area contributed by atoms with Gasteiger partial charge in [0.05, 0.1) is 4.92 Å². The smallest absolute Gasteiger partial charge is 0.270 e. The van der Waals surface area contributed by atoms with Crippen molar-refractivity contribution in [2.24, 2.45) is 0 Å². The molecule has 0 aliphatic heterocycles. The van der Waals surface area contributed by atoms with Crippen LogP contribution in [-0.2, 0) is 0 Å². The van der Waals surface area contributed by atoms with Gasteiger partial charge >= 0.3 is 0 Å². The molecule has 0 aliphatic rings. The normalized spacial score (nSPS) is 9.88. The lowest BCUT2D eigenvalue weighted by Gasteiger charge is -1.99. The van der Waals surface area contributed by atoms with Gasteiger partial charge in [0.15, 0.2) is 0 Å². The summed E-state index contributed by atoms with van der Waals surface area (Å²) < 4.78 is 0. The third-order valence-corrected chi connectivity index (χ3v) is 2.22. The van der Waals surface area contributed by atoms with Crippen molar-refractivity contribution in [1.82, 2.24) is 4.98 Å². The maximum Gasteiger partial charge on any atom is 0.270 e. The van der Waals surface area contributed by atoms with E-state index in [1.807, 2.05) is 0 Å². The van der Waals surface area contributed by atoms with Crippen molar-refractivity contribution in [3.63, 3.8) is 0 Å². The van der Waals surface area contributed by atoms with E-state index in [-0.39, 0.29) is 22.7 Å². The van der Waals surface area contributed by atoms with Crippen molar-refractivity contribution in [3.05, 3.63) is 70.0 Å². The summed E-state index contributed by atoms with van der Waals surface area (Å²) in [7, 11) is 0. The number of carbonyl (C=O) groups is 1. The molecule has 1 aromatic heterocycles. The molecule has 2 rings (SSSR count). The second-order valence-electron chi connectivity index (χ2n) is 3.35. The summed E-state index contributed by atoms with van der Waals surface area (Å²) in [4.78, 5) is 25.9. The highest BCUT2D eigenvalue weighted by Crippen LogP contribution is 2.15. The van der Waals surface area contributed by atoms with E-state index in [0.717, 1.165) is 0 Å². The van der Waals surface area contributed by atoms with Crippen LogP contribution in [-0.4, -0.2) is 15.7 Å². The van der Waals surface area contributed by atoms with Crippen molar-refractivity contribution in [2.75, 3.05) is 0 Å². The van der Waals surface area contributed by atoms with Gasteiger partial charge in [-0.2, -0.15) is 0 Å². The fourth-order valence-corrected chi connectivity index (χ4v) is 1.41. The number of aromatic nitrogens is 1. The minimum absolute atomic E-state index is 0.105. The summed E-state index contributed by atoms with van der Waals surface area (Å²) in [5, 5.41) is 10.6. The van der Waals surface area contributed by atoms with Crippen LogP contribution in [0.3, 0.4) is 0 Å². The molecule has 0 amide bonds. The highest BCUT2D eigenvalue weighted by Gasteiger charge is 2.13. The molecule has 1 heterocycles. The lowest BCUT2D eigenvalue weighted by Crippen LogP contribution is -2.03. The maximum atomic E-state index is 11.9. The molecule has 5 heteroatoms. The van der Waals surface area contributed by atoms with E-state index >= 15 is 0 Å². The summed E-state index contributed by atoms with van der Waals surface area (Å²) >= 11 is 0. The topological polar surface area (TPSA) is 73.1 Å². The van der Waals surface area contributed by atoms with E-state index in [2.05, 4.69) is 4.98 Å². The largest absolute Gasteiger partial charge is 0.287 e. The number of non-ortho nitro benzene ring substituents is 1. The summed E-state index contributed by atoms with van der Waals surface area (Å²) in [6.07, 6.45) is 1.50. The molecular weight excluding hydrogens is 220 g/mol. The third kappa shape index (κ3) is 2.34. The van der Waals surface area contributed by atoms with E-state index < -0.39 is 4.92 Å². The SMILES string of the molecule is O=C(c1cccc([N+](=O)[O-])c1)c1ccccn1. The second kappa shape index (κ2) is 4.52. The molecule has 0 atom stereocenters. The number of benzene rings is 1. The molecule has 5 nitrogen and oxygen atoms in total. The van der Waals surface area contributed by atoms with Crippen LogP contribution >= 0.6 is 0 Å². The summed E-state index contributed by atoms with van der Waals surface area (Å²) in [5.41, 5.74) is 0.428. The molecule has 0 saturated heterocycles. The van der Waals surface area contributed by atoms with Crippen LogP contribution in [0.5, 0.6) is 0 Å². The minimum Gasteiger partial charge on any atom is -0.287 e. The maximum absolute atomic E-state index is 11.9. The molecule has 1 aromatic carbocycles. The number of ketones is 1. The Kier molecular flexibility index (Phi) is 2.91. The lowest BCUT2D eigenvalue weighted by atomic mass is 10.1. The van der Waals surface area contributed by atoms with Gasteiger partial charge in [-0.3, -0.25) is 19.9 Å². The highest BCUT2D eigenvalue weighted by molar-refractivity contribution is 6.07. The van der Waals surface area contributed by atoms with E-state index in [9.17, 15) is 14.9 Å².